The van der Waals surface area contributed by atoms with Crippen molar-refractivity contribution >= 4 is 33.4 Å². The zero-order valence-electron chi connectivity index (χ0n) is 13.0. The first-order valence-electron chi connectivity index (χ1n) is 7.06. The number of hydrogen-bond donors (Lipinski definition) is 2. The molecule has 2 aromatic rings. The van der Waals surface area contributed by atoms with Crippen LogP contribution in [0.25, 0.3) is 6.08 Å². The third-order valence-corrected chi connectivity index (χ3v) is 3.83. The van der Waals surface area contributed by atoms with Crippen LogP contribution in [-0.4, -0.2) is 19.2 Å². The third-order valence-electron chi connectivity index (χ3n) is 3.10. The highest BCUT2D eigenvalue weighted by Gasteiger charge is 2.06. The Labute approximate surface area is 144 Å². The highest BCUT2D eigenvalue weighted by atomic mass is 32.2. The van der Waals surface area contributed by atoms with Crippen molar-refractivity contribution in [1.29, 1.82) is 0 Å². The summed E-state index contributed by atoms with van der Waals surface area (Å²) < 4.78 is 22.0. The number of nitrogens with one attached hydrogen (secondary N) is 1. The van der Waals surface area contributed by atoms with Crippen molar-refractivity contribution in [1.82, 2.24) is 0 Å². The van der Waals surface area contributed by atoms with Crippen molar-refractivity contribution in [2.24, 2.45) is 5.14 Å². The van der Waals surface area contributed by atoms with E-state index >= 15 is 0 Å². The van der Waals surface area contributed by atoms with Crippen molar-refractivity contribution in [2.45, 2.75) is 5.75 Å². The lowest BCUT2D eigenvalue weighted by Gasteiger charge is -2.04. The van der Waals surface area contributed by atoms with Gasteiger partial charge in [-0.1, -0.05) is 24.3 Å². The Hall–Kier alpha value is -3.04. The molecule has 0 spiro atoms. The van der Waals surface area contributed by atoms with E-state index in [1.165, 1.54) is 30.4 Å². The number of non-ortho nitro benzene ring substituents is 1. The van der Waals surface area contributed by atoms with Gasteiger partial charge in [0.05, 0.1) is 10.7 Å². The van der Waals surface area contributed by atoms with Gasteiger partial charge in [-0.2, -0.15) is 0 Å². The molecular formula is C16H15N3O5S. The number of benzene rings is 2. The first-order chi connectivity index (χ1) is 11.7. The summed E-state index contributed by atoms with van der Waals surface area (Å²) in [6.45, 7) is 0. The molecule has 130 valence electrons. The molecule has 0 aliphatic rings. The number of amides is 1. The van der Waals surface area contributed by atoms with E-state index < -0.39 is 20.9 Å². The number of rotatable bonds is 6. The van der Waals surface area contributed by atoms with Gasteiger partial charge in [-0.3, -0.25) is 14.9 Å². The minimum atomic E-state index is -3.61. The number of nitro benzene ring substituents is 1. The molecule has 2 rings (SSSR count). The maximum atomic E-state index is 11.9. The van der Waals surface area contributed by atoms with Crippen molar-refractivity contribution < 1.29 is 18.1 Å². The molecular weight excluding hydrogens is 346 g/mol. The summed E-state index contributed by atoms with van der Waals surface area (Å²) in [5, 5.41) is 18.3. The van der Waals surface area contributed by atoms with E-state index in [0.717, 1.165) is 0 Å². The van der Waals surface area contributed by atoms with E-state index in [1.807, 2.05) is 0 Å². The third kappa shape index (κ3) is 6.16. The molecule has 8 nitrogen and oxygen atoms in total. The first kappa shape index (κ1) is 18.3. The van der Waals surface area contributed by atoms with E-state index in [-0.39, 0.29) is 11.4 Å². The Morgan fingerprint density at radius 2 is 1.88 bits per heavy atom. The van der Waals surface area contributed by atoms with Crippen LogP contribution in [0.15, 0.2) is 54.6 Å². The maximum Gasteiger partial charge on any atom is 0.270 e. The molecule has 0 radical (unpaired) electrons. The van der Waals surface area contributed by atoms with Crippen LogP contribution in [-0.2, 0) is 20.6 Å². The number of nitrogens with zero attached hydrogens (tertiary/aromatic N) is 1. The standard InChI is InChI=1S/C16H15N3O5S/c17-25(23,24)11-13-4-7-14(8-5-13)18-16(20)9-6-12-2-1-3-15(10-12)19(21)22/h1-10H,11H2,(H,18,20)(H2,17,23,24)/b9-6+. The van der Waals surface area contributed by atoms with Crippen LogP contribution in [0.3, 0.4) is 0 Å². The minimum Gasteiger partial charge on any atom is -0.323 e. The van der Waals surface area contributed by atoms with Gasteiger partial charge in [-0.05, 0) is 29.3 Å². The van der Waals surface area contributed by atoms with Gasteiger partial charge >= 0.3 is 0 Å². The summed E-state index contributed by atoms with van der Waals surface area (Å²) in [6.07, 6.45) is 2.70. The fourth-order valence-electron chi connectivity index (χ4n) is 2.01. The second kappa shape index (κ2) is 7.69. The number of carbonyl (C=O) groups excluding carboxylic acids is 1. The van der Waals surface area contributed by atoms with Crippen LogP contribution in [0.1, 0.15) is 11.1 Å². The number of primary sulfonamides is 1. The molecule has 1 amide bonds. The summed E-state index contributed by atoms with van der Waals surface area (Å²) in [6, 6.07) is 12.1. The fraction of sp³-hybridized carbons (Fsp3) is 0.0625. The predicted octanol–water partition coefficient (Wildman–Crippen LogP) is 2.04. The van der Waals surface area contributed by atoms with Gasteiger partial charge in [0.2, 0.25) is 15.9 Å². The number of carbonyl (C=O) groups is 1. The second-order valence-corrected chi connectivity index (χ2v) is 6.79. The van der Waals surface area contributed by atoms with Crippen LogP contribution in [0, 0.1) is 10.1 Å². The molecule has 0 saturated carbocycles. The Morgan fingerprint density at radius 3 is 2.48 bits per heavy atom. The monoisotopic (exact) mass is 361 g/mol. The minimum absolute atomic E-state index is 0.0620. The molecule has 0 unspecified atom stereocenters. The van der Waals surface area contributed by atoms with Gasteiger partial charge in [0.1, 0.15) is 0 Å². The Bertz CT molecular complexity index is 921. The highest BCUT2D eigenvalue weighted by molar-refractivity contribution is 7.88. The Balaban J connectivity index is 2.00. The number of sulfonamides is 1. The number of nitro groups is 1. The van der Waals surface area contributed by atoms with Gasteiger partial charge in [0, 0.05) is 23.9 Å². The molecule has 0 fully saturated rings. The van der Waals surface area contributed by atoms with Gasteiger partial charge < -0.3 is 5.32 Å². The van der Waals surface area contributed by atoms with Gasteiger partial charge in [-0.25, -0.2) is 13.6 Å². The molecule has 9 heteroatoms. The van der Waals surface area contributed by atoms with Crippen LogP contribution in [0.2, 0.25) is 0 Å². The quantitative estimate of drug-likeness (QED) is 0.461. The van der Waals surface area contributed by atoms with E-state index in [1.54, 1.807) is 30.3 Å². The van der Waals surface area contributed by atoms with Crippen LogP contribution in [0.5, 0.6) is 0 Å². The van der Waals surface area contributed by atoms with Crippen LogP contribution < -0.4 is 10.5 Å². The Morgan fingerprint density at radius 1 is 1.20 bits per heavy atom. The van der Waals surface area contributed by atoms with Crippen molar-refractivity contribution in [3.05, 3.63) is 75.8 Å². The average Bonchev–Trinajstić information content (AvgIpc) is 2.54. The van der Waals surface area contributed by atoms with Crippen molar-refractivity contribution in [3.63, 3.8) is 0 Å². The highest BCUT2D eigenvalue weighted by Crippen LogP contribution is 2.15. The lowest BCUT2D eigenvalue weighted by molar-refractivity contribution is -0.384. The molecule has 0 saturated heterocycles. The molecule has 0 aromatic heterocycles. The lowest BCUT2D eigenvalue weighted by Crippen LogP contribution is -2.14. The molecule has 0 atom stereocenters. The summed E-state index contributed by atoms with van der Waals surface area (Å²) >= 11 is 0. The van der Waals surface area contributed by atoms with Gasteiger partial charge in [0.15, 0.2) is 0 Å². The number of anilines is 1. The molecule has 0 bridgehead atoms. The summed E-state index contributed by atoms with van der Waals surface area (Å²) in [5.74, 6) is -0.709. The van der Waals surface area contributed by atoms with E-state index in [2.05, 4.69) is 5.32 Å². The molecule has 2 aromatic carbocycles. The zero-order chi connectivity index (χ0) is 18.4. The maximum absolute atomic E-state index is 11.9. The summed E-state index contributed by atoms with van der Waals surface area (Å²) in [5.41, 5.74) is 1.44. The zero-order valence-corrected chi connectivity index (χ0v) is 13.8. The Kier molecular flexibility index (Phi) is 5.63. The van der Waals surface area contributed by atoms with Gasteiger partial charge in [0.25, 0.3) is 5.69 Å². The predicted molar refractivity (Wildman–Crippen MR) is 94.0 cm³/mol. The topological polar surface area (TPSA) is 132 Å². The average molecular weight is 361 g/mol. The lowest BCUT2D eigenvalue weighted by atomic mass is 10.2. The normalized spacial score (nSPS) is 11.4. The first-order valence-corrected chi connectivity index (χ1v) is 8.77. The van der Waals surface area contributed by atoms with Crippen LogP contribution >= 0.6 is 0 Å². The second-order valence-electron chi connectivity index (χ2n) is 5.18. The molecule has 25 heavy (non-hydrogen) atoms. The smallest absolute Gasteiger partial charge is 0.270 e. The van der Waals surface area contributed by atoms with E-state index in [9.17, 15) is 23.3 Å². The fourth-order valence-corrected chi connectivity index (χ4v) is 2.67. The van der Waals surface area contributed by atoms with E-state index in [4.69, 9.17) is 5.14 Å². The molecule has 0 aliphatic heterocycles. The van der Waals surface area contributed by atoms with Crippen LogP contribution in [0.4, 0.5) is 11.4 Å². The van der Waals surface area contributed by atoms with E-state index in [0.29, 0.717) is 16.8 Å². The molecule has 0 heterocycles. The summed E-state index contributed by atoms with van der Waals surface area (Å²) in [4.78, 5) is 22.1. The SMILES string of the molecule is NS(=O)(=O)Cc1ccc(NC(=O)/C=C/c2cccc([N+](=O)[O-])c2)cc1. The molecule has 3 N–H and O–H groups in total. The van der Waals surface area contributed by atoms with Gasteiger partial charge in [-0.15, -0.1) is 0 Å². The number of nitrogens with two attached hydrogens (primary N) is 1. The largest absolute Gasteiger partial charge is 0.323 e. The number of hydrogen-bond acceptors (Lipinski definition) is 5. The summed E-state index contributed by atoms with van der Waals surface area (Å²) in [7, 11) is -3.61. The van der Waals surface area contributed by atoms with Crippen molar-refractivity contribution in [2.75, 3.05) is 5.32 Å². The van der Waals surface area contributed by atoms with Crippen molar-refractivity contribution in [3.8, 4) is 0 Å². The molecule has 0 aliphatic carbocycles.